The molecule has 1 aromatic heterocycles. The molecule has 2 aromatic carbocycles. The van der Waals surface area contributed by atoms with Gasteiger partial charge in [-0.05, 0) is 80.0 Å². The zero-order chi connectivity index (χ0) is 24.2. The lowest BCUT2D eigenvalue weighted by Crippen LogP contribution is -2.17. The van der Waals surface area contributed by atoms with Crippen LogP contribution in [0.25, 0.3) is 11.5 Å². The maximum atomic E-state index is 11.4. The number of aromatic nitrogens is 1. The first-order chi connectivity index (χ1) is 16.4. The lowest BCUT2D eigenvalue weighted by Gasteiger charge is -2.16. The number of aryl methyl sites for hydroxylation is 3. The molecule has 1 aliphatic carbocycles. The van der Waals surface area contributed by atoms with Crippen LogP contribution in [0.5, 0.6) is 5.75 Å². The quantitative estimate of drug-likeness (QED) is 0.376. The summed E-state index contributed by atoms with van der Waals surface area (Å²) in [5.74, 6) is 1.22. The van der Waals surface area contributed by atoms with Crippen LogP contribution in [0.4, 0.5) is 5.69 Å². The number of oxazole rings is 1. The third-order valence-electron chi connectivity index (χ3n) is 6.78. The predicted molar refractivity (Wildman–Crippen MR) is 134 cm³/mol. The number of fused-ring (bicyclic) bond motifs is 1. The van der Waals surface area contributed by atoms with Crippen LogP contribution in [0.1, 0.15) is 60.8 Å². The molecule has 1 heterocycles. The number of hydrogen-bond acceptors (Lipinski definition) is 5. The number of carboxylic acid groups (broad SMARTS) is 1. The molecule has 180 valence electrons. The van der Waals surface area contributed by atoms with Gasteiger partial charge in [-0.1, -0.05) is 26.0 Å². The van der Waals surface area contributed by atoms with E-state index in [1.807, 2.05) is 25.1 Å². The molecule has 0 amide bonds. The molecule has 4 rings (SSSR count). The van der Waals surface area contributed by atoms with Crippen molar-refractivity contribution in [2.24, 2.45) is 5.92 Å². The Morgan fingerprint density at radius 1 is 1.26 bits per heavy atom. The number of carbonyl (C=O) groups is 1. The SMILES string of the molecule is CCCNc1cc(-c2nc(CCOc3ccc4c(c3)CC[C@H]4[C@H](C)C(=O)O)c(C)o2)ccc1C. The Labute approximate surface area is 201 Å². The van der Waals surface area contributed by atoms with Crippen LogP contribution in [0.2, 0.25) is 0 Å². The Morgan fingerprint density at radius 3 is 2.85 bits per heavy atom. The van der Waals surface area contributed by atoms with Gasteiger partial charge in [-0.3, -0.25) is 4.79 Å². The third kappa shape index (κ3) is 5.11. The minimum atomic E-state index is -0.736. The number of nitrogens with one attached hydrogen (secondary N) is 1. The number of anilines is 1. The van der Waals surface area contributed by atoms with Crippen molar-refractivity contribution in [2.45, 2.75) is 59.3 Å². The molecule has 2 N–H and O–H groups in total. The number of hydrogen-bond donors (Lipinski definition) is 2. The molecule has 34 heavy (non-hydrogen) atoms. The first kappa shape index (κ1) is 23.9. The van der Waals surface area contributed by atoms with Gasteiger partial charge in [-0.15, -0.1) is 0 Å². The largest absolute Gasteiger partial charge is 0.493 e. The lowest BCUT2D eigenvalue weighted by atomic mass is 9.89. The van der Waals surface area contributed by atoms with Gasteiger partial charge in [-0.25, -0.2) is 4.98 Å². The summed E-state index contributed by atoms with van der Waals surface area (Å²) in [6.07, 6.45) is 3.49. The van der Waals surface area contributed by atoms with Crippen molar-refractivity contribution in [1.82, 2.24) is 4.98 Å². The number of benzene rings is 2. The van der Waals surface area contributed by atoms with E-state index in [0.717, 1.165) is 59.8 Å². The van der Waals surface area contributed by atoms with Crippen LogP contribution >= 0.6 is 0 Å². The summed E-state index contributed by atoms with van der Waals surface area (Å²) in [6, 6.07) is 12.3. The molecular weight excluding hydrogens is 428 g/mol. The average molecular weight is 463 g/mol. The van der Waals surface area contributed by atoms with Crippen molar-refractivity contribution in [3.05, 3.63) is 64.5 Å². The van der Waals surface area contributed by atoms with Gasteiger partial charge in [0, 0.05) is 24.2 Å². The van der Waals surface area contributed by atoms with Crippen LogP contribution in [0, 0.1) is 19.8 Å². The van der Waals surface area contributed by atoms with Crippen LogP contribution in [-0.2, 0) is 17.6 Å². The van der Waals surface area contributed by atoms with Gasteiger partial charge in [0.1, 0.15) is 11.5 Å². The van der Waals surface area contributed by atoms with Gasteiger partial charge in [0.25, 0.3) is 0 Å². The van der Waals surface area contributed by atoms with Gasteiger partial charge in [-0.2, -0.15) is 0 Å². The summed E-state index contributed by atoms with van der Waals surface area (Å²) < 4.78 is 12.0. The van der Waals surface area contributed by atoms with Crippen LogP contribution in [0.15, 0.2) is 40.8 Å². The summed E-state index contributed by atoms with van der Waals surface area (Å²) in [5.41, 5.74) is 6.51. The fourth-order valence-electron chi connectivity index (χ4n) is 4.66. The Morgan fingerprint density at radius 2 is 2.09 bits per heavy atom. The molecule has 0 saturated carbocycles. The second kappa shape index (κ2) is 10.3. The highest BCUT2D eigenvalue weighted by Crippen LogP contribution is 2.40. The summed E-state index contributed by atoms with van der Waals surface area (Å²) in [6.45, 7) is 9.40. The molecule has 6 nitrogen and oxygen atoms in total. The van der Waals surface area contributed by atoms with E-state index >= 15 is 0 Å². The van der Waals surface area contributed by atoms with Crippen LogP contribution in [0.3, 0.4) is 0 Å². The normalized spacial score (nSPS) is 15.7. The highest BCUT2D eigenvalue weighted by molar-refractivity contribution is 5.71. The number of rotatable bonds is 10. The molecule has 0 unspecified atom stereocenters. The number of aliphatic carboxylic acids is 1. The first-order valence-electron chi connectivity index (χ1n) is 12.2. The van der Waals surface area contributed by atoms with E-state index in [0.29, 0.717) is 18.9 Å². The molecule has 0 saturated heterocycles. The molecule has 0 aliphatic heterocycles. The summed E-state index contributed by atoms with van der Waals surface area (Å²) >= 11 is 0. The van der Waals surface area contributed by atoms with E-state index in [4.69, 9.17) is 14.1 Å². The topological polar surface area (TPSA) is 84.6 Å². The summed E-state index contributed by atoms with van der Waals surface area (Å²) in [7, 11) is 0. The van der Waals surface area contributed by atoms with E-state index < -0.39 is 5.97 Å². The van der Waals surface area contributed by atoms with Gasteiger partial charge in [0.05, 0.1) is 18.2 Å². The van der Waals surface area contributed by atoms with E-state index in [1.54, 1.807) is 6.92 Å². The van der Waals surface area contributed by atoms with Gasteiger partial charge in [0.2, 0.25) is 5.89 Å². The fraction of sp³-hybridized carbons (Fsp3) is 0.429. The minimum absolute atomic E-state index is 0.0808. The van der Waals surface area contributed by atoms with Crippen molar-refractivity contribution in [3.8, 4) is 17.2 Å². The average Bonchev–Trinajstić information content (AvgIpc) is 3.41. The number of ether oxygens (including phenoxy) is 1. The molecule has 3 aromatic rings. The molecule has 0 bridgehead atoms. The van der Waals surface area contributed by atoms with Crippen molar-refractivity contribution >= 4 is 11.7 Å². The Balaban J connectivity index is 1.39. The third-order valence-corrected chi connectivity index (χ3v) is 6.78. The molecule has 6 heteroatoms. The Kier molecular flexibility index (Phi) is 7.25. The van der Waals surface area contributed by atoms with Crippen molar-refractivity contribution < 1.29 is 19.1 Å². The monoisotopic (exact) mass is 462 g/mol. The van der Waals surface area contributed by atoms with E-state index in [-0.39, 0.29) is 11.8 Å². The molecule has 2 atom stereocenters. The van der Waals surface area contributed by atoms with E-state index in [9.17, 15) is 9.90 Å². The highest BCUT2D eigenvalue weighted by atomic mass is 16.5. The van der Waals surface area contributed by atoms with Crippen LogP contribution < -0.4 is 10.1 Å². The van der Waals surface area contributed by atoms with Gasteiger partial charge >= 0.3 is 5.97 Å². The molecular formula is C28H34N2O4. The molecule has 1 aliphatic rings. The lowest BCUT2D eigenvalue weighted by molar-refractivity contribution is -0.141. The smallest absolute Gasteiger partial charge is 0.306 e. The standard InChI is InChI=1S/C28H34N2O4/c1-5-13-29-26-16-21(7-6-17(26)2)27-30-25(19(4)34-27)12-14-33-22-9-11-24-20(15-22)8-10-23(24)18(3)28(31)32/h6-7,9,11,15-16,18,23,29H,5,8,10,12-14H2,1-4H3,(H,31,32)/t18-,23-/m0/s1. The maximum Gasteiger partial charge on any atom is 0.306 e. The van der Waals surface area contributed by atoms with E-state index in [1.165, 1.54) is 11.1 Å². The zero-order valence-electron chi connectivity index (χ0n) is 20.5. The molecule has 0 fully saturated rings. The summed E-state index contributed by atoms with van der Waals surface area (Å²) in [5, 5.41) is 12.8. The number of carboxylic acids is 1. The maximum absolute atomic E-state index is 11.4. The first-order valence-corrected chi connectivity index (χ1v) is 12.2. The fourth-order valence-corrected chi connectivity index (χ4v) is 4.66. The predicted octanol–water partition coefficient (Wildman–Crippen LogP) is 6.15. The highest BCUT2D eigenvalue weighted by Gasteiger charge is 2.31. The molecule has 0 spiro atoms. The van der Waals surface area contributed by atoms with E-state index in [2.05, 4.69) is 37.4 Å². The molecule has 0 radical (unpaired) electrons. The zero-order valence-corrected chi connectivity index (χ0v) is 20.5. The second-order valence-electron chi connectivity index (χ2n) is 9.21. The van der Waals surface area contributed by atoms with Gasteiger partial charge < -0.3 is 19.6 Å². The van der Waals surface area contributed by atoms with Crippen molar-refractivity contribution in [3.63, 3.8) is 0 Å². The minimum Gasteiger partial charge on any atom is -0.493 e. The number of nitrogens with zero attached hydrogens (tertiary/aromatic N) is 1. The Hall–Kier alpha value is -3.28. The summed E-state index contributed by atoms with van der Waals surface area (Å²) in [4.78, 5) is 16.1. The van der Waals surface area contributed by atoms with Gasteiger partial charge in [0.15, 0.2) is 0 Å². The van der Waals surface area contributed by atoms with Crippen LogP contribution in [-0.4, -0.2) is 29.2 Å². The van der Waals surface area contributed by atoms with Crippen molar-refractivity contribution in [1.29, 1.82) is 0 Å². The second-order valence-corrected chi connectivity index (χ2v) is 9.21. The van der Waals surface area contributed by atoms with Crippen molar-refractivity contribution in [2.75, 3.05) is 18.5 Å². The Bertz CT molecular complexity index is 1170.